The molecule has 2 N–H and O–H groups in total. The molecule has 0 radical (unpaired) electrons. The lowest BCUT2D eigenvalue weighted by Gasteiger charge is -2.14. The molecule has 0 saturated heterocycles. The molecule has 3 aromatic carbocycles. The Morgan fingerprint density at radius 3 is 2.43 bits per heavy atom. The fourth-order valence-electron chi connectivity index (χ4n) is 2.43. The molecule has 3 aromatic rings. The third-order valence-corrected chi connectivity index (χ3v) is 4.53. The van der Waals surface area contributed by atoms with Crippen molar-refractivity contribution in [3.63, 3.8) is 0 Å². The molecule has 7 heteroatoms. The van der Waals surface area contributed by atoms with Gasteiger partial charge in [0.15, 0.2) is 5.11 Å². The van der Waals surface area contributed by atoms with Gasteiger partial charge in [-0.2, -0.15) is 0 Å². The molecule has 4 nitrogen and oxygen atoms in total. The molecule has 0 bridgehead atoms. The van der Waals surface area contributed by atoms with Gasteiger partial charge in [-0.25, -0.2) is 0 Å². The average Bonchev–Trinajstić information content (AvgIpc) is 2.68. The van der Waals surface area contributed by atoms with Crippen LogP contribution in [0.4, 0.5) is 5.69 Å². The fraction of sp³-hybridized carbons (Fsp3) is 0.0476. The lowest BCUT2D eigenvalue weighted by Crippen LogP contribution is -2.34. The van der Waals surface area contributed by atoms with Crippen LogP contribution in [0, 0.1) is 0 Å². The van der Waals surface area contributed by atoms with Crippen molar-refractivity contribution in [2.24, 2.45) is 0 Å². The largest absolute Gasteiger partial charge is 0.487 e. The number of hydrogen-bond donors (Lipinski definition) is 2. The lowest BCUT2D eigenvalue weighted by molar-refractivity contribution is 0.0978. The predicted molar refractivity (Wildman–Crippen MR) is 117 cm³/mol. The van der Waals surface area contributed by atoms with Crippen molar-refractivity contribution in [1.29, 1.82) is 0 Å². The number of rotatable bonds is 5. The Hall–Kier alpha value is -2.60. The Balaban J connectivity index is 1.64. The summed E-state index contributed by atoms with van der Waals surface area (Å²) in [7, 11) is 0. The Kier molecular flexibility index (Phi) is 6.87. The standard InChI is InChI=1S/C21H16Cl2N2O2S/c22-15-10-11-16(17(23)12-15)20(26)25-21(28)24-18-8-4-5-9-19(18)27-13-14-6-2-1-3-7-14/h1-12H,13H2,(H2,24,25,26,28). The molecule has 0 spiro atoms. The molecule has 0 atom stereocenters. The zero-order valence-electron chi connectivity index (χ0n) is 14.6. The molecule has 0 aliphatic carbocycles. The number of carbonyl (C=O) groups excluding carboxylic acids is 1. The van der Waals surface area contributed by atoms with Gasteiger partial charge in [-0.05, 0) is 48.1 Å². The van der Waals surface area contributed by atoms with Gasteiger partial charge in [0, 0.05) is 5.02 Å². The molecule has 0 saturated carbocycles. The Morgan fingerprint density at radius 1 is 0.964 bits per heavy atom. The molecule has 0 fully saturated rings. The minimum atomic E-state index is -0.429. The second-order valence-corrected chi connectivity index (χ2v) is 7.05. The second kappa shape index (κ2) is 9.55. The fourth-order valence-corrected chi connectivity index (χ4v) is 3.13. The van der Waals surface area contributed by atoms with Crippen molar-refractivity contribution < 1.29 is 9.53 Å². The van der Waals surface area contributed by atoms with Gasteiger partial charge in [0.1, 0.15) is 12.4 Å². The Bertz CT molecular complexity index is 997. The Morgan fingerprint density at radius 2 is 1.68 bits per heavy atom. The molecule has 0 unspecified atom stereocenters. The topological polar surface area (TPSA) is 50.4 Å². The number of hydrogen-bond acceptors (Lipinski definition) is 3. The van der Waals surface area contributed by atoms with Crippen LogP contribution in [-0.4, -0.2) is 11.0 Å². The second-order valence-electron chi connectivity index (χ2n) is 5.80. The molecule has 0 aliphatic rings. The highest BCUT2D eigenvalue weighted by molar-refractivity contribution is 7.80. The average molecular weight is 431 g/mol. The van der Waals surface area contributed by atoms with Gasteiger partial charge in [0.2, 0.25) is 0 Å². The first-order chi connectivity index (χ1) is 13.5. The quantitative estimate of drug-likeness (QED) is 0.509. The summed E-state index contributed by atoms with van der Waals surface area (Å²) < 4.78 is 5.88. The van der Waals surface area contributed by atoms with Crippen LogP contribution in [0.15, 0.2) is 72.8 Å². The van der Waals surface area contributed by atoms with E-state index < -0.39 is 5.91 Å². The van der Waals surface area contributed by atoms with Crippen LogP contribution in [0.5, 0.6) is 5.75 Å². The van der Waals surface area contributed by atoms with Crippen molar-refractivity contribution in [2.75, 3.05) is 5.32 Å². The van der Waals surface area contributed by atoms with E-state index in [9.17, 15) is 4.79 Å². The first kappa shape index (κ1) is 20.1. The third-order valence-electron chi connectivity index (χ3n) is 3.78. The summed E-state index contributed by atoms with van der Waals surface area (Å²) in [5.41, 5.74) is 1.97. The van der Waals surface area contributed by atoms with Crippen LogP contribution in [0.2, 0.25) is 10.0 Å². The van der Waals surface area contributed by atoms with E-state index in [4.69, 9.17) is 40.2 Å². The highest BCUT2D eigenvalue weighted by atomic mass is 35.5. The van der Waals surface area contributed by atoms with Crippen LogP contribution < -0.4 is 15.4 Å². The van der Waals surface area contributed by atoms with Crippen molar-refractivity contribution in [2.45, 2.75) is 6.61 Å². The summed E-state index contributed by atoms with van der Waals surface area (Å²) in [4.78, 5) is 12.4. The van der Waals surface area contributed by atoms with Crippen LogP contribution in [0.1, 0.15) is 15.9 Å². The summed E-state index contributed by atoms with van der Waals surface area (Å²) >= 11 is 17.2. The van der Waals surface area contributed by atoms with Crippen molar-refractivity contribution in [1.82, 2.24) is 5.32 Å². The first-order valence-electron chi connectivity index (χ1n) is 8.36. The third kappa shape index (κ3) is 5.45. The van der Waals surface area contributed by atoms with E-state index in [-0.39, 0.29) is 15.7 Å². The van der Waals surface area contributed by atoms with Crippen LogP contribution in [-0.2, 0) is 6.61 Å². The summed E-state index contributed by atoms with van der Waals surface area (Å²) in [5.74, 6) is 0.189. The van der Waals surface area contributed by atoms with E-state index in [1.54, 1.807) is 12.1 Å². The minimum Gasteiger partial charge on any atom is -0.487 e. The van der Waals surface area contributed by atoms with Gasteiger partial charge >= 0.3 is 0 Å². The molecule has 0 aromatic heterocycles. The number of halogens is 2. The van der Waals surface area contributed by atoms with Gasteiger partial charge in [0.05, 0.1) is 16.3 Å². The maximum absolute atomic E-state index is 12.4. The normalized spacial score (nSPS) is 10.2. The number of nitrogens with one attached hydrogen (secondary N) is 2. The number of carbonyl (C=O) groups is 1. The maximum atomic E-state index is 12.4. The van der Waals surface area contributed by atoms with Crippen LogP contribution in [0.25, 0.3) is 0 Å². The highest BCUT2D eigenvalue weighted by Gasteiger charge is 2.13. The number of para-hydroxylation sites is 2. The van der Waals surface area contributed by atoms with Crippen molar-refractivity contribution in [3.05, 3.63) is 94.0 Å². The molecular weight excluding hydrogens is 415 g/mol. The summed E-state index contributed by atoms with van der Waals surface area (Å²) in [6.45, 7) is 0.416. The van der Waals surface area contributed by atoms with Crippen LogP contribution >= 0.6 is 35.4 Å². The van der Waals surface area contributed by atoms with Crippen molar-refractivity contribution in [3.8, 4) is 5.75 Å². The zero-order chi connectivity index (χ0) is 19.9. The van der Waals surface area contributed by atoms with E-state index >= 15 is 0 Å². The van der Waals surface area contributed by atoms with Gasteiger partial charge < -0.3 is 10.1 Å². The Labute approximate surface area is 178 Å². The predicted octanol–water partition coefficient (Wildman–Crippen LogP) is 5.70. The van der Waals surface area contributed by atoms with E-state index in [2.05, 4.69) is 10.6 Å². The molecule has 3 rings (SSSR count). The summed E-state index contributed by atoms with van der Waals surface area (Å²) in [5, 5.41) is 6.42. The number of ether oxygens (including phenoxy) is 1. The van der Waals surface area contributed by atoms with Gasteiger partial charge in [0.25, 0.3) is 5.91 Å². The molecule has 0 aliphatic heterocycles. The van der Waals surface area contributed by atoms with Gasteiger partial charge in [-0.15, -0.1) is 0 Å². The van der Waals surface area contributed by atoms with E-state index in [1.807, 2.05) is 54.6 Å². The molecule has 142 valence electrons. The maximum Gasteiger partial charge on any atom is 0.258 e. The monoisotopic (exact) mass is 430 g/mol. The summed E-state index contributed by atoms with van der Waals surface area (Å²) in [6, 6.07) is 21.8. The zero-order valence-corrected chi connectivity index (χ0v) is 16.9. The number of benzene rings is 3. The van der Waals surface area contributed by atoms with Crippen LogP contribution in [0.3, 0.4) is 0 Å². The molecule has 1 amide bonds. The lowest BCUT2D eigenvalue weighted by atomic mass is 10.2. The first-order valence-corrected chi connectivity index (χ1v) is 9.52. The van der Waals surface area contributed by atoms with E-state index in [1.165, 1.54) is 6.07 Å². The molecular formula is C21H16Cl2N2O2S. The van der Waals surface area contributed by atoms with E-state index in [0.29, 0.717) is 23.1 Å². The van der Waals surface area contributed by atoms with Crippen molar-refractivity contribution >= 4 is 52.1 Å². The summed E-state index contributed by atoms with van der Waals surface area (Å²) in [6.07, 6.45) is 0. The van der Waals surface area contributed by atoms with E-state index in [0.717, 1.165) is 5.56 Å². The molecule has 28 heavy (non-hydrogen) atoms. The SMILES string of the molecule is O=C(NC(=S)Nc1ccccc1OCc1ccccc1)c1ccc(Cl)cc1Cl. The molecule has 0 heterocycles. The highest BCUT2D eigenvalue weighted by Crippen LogP contribution is 2.25. The number of amides is 1. The number of anilines is 1. The number of thiocarbonyl (C=S) groups is 1. The smallest absolute Gasteiger partial charge is 0.258 e. The minimum absolute atomic E-state index is 0.131. The van der Waals surface area contributed by atoms with Gasteiger partial charge in [-0.1, -0.05) is 65.7 Å². The van der Waals surface area contributed by atoms with Gasteiger partial charge in [-0.3, -0.25) is 10.1 Å².